The van der Waals surface area contributed by atoms with Gasteiger partial charge in [0.15, 0.2) is 0 Å². The van der Waals surface area contributed by atoms with Crippen LogP contribution in [0, 0.1) is 19.7 Å². The van der Waals surface area contributed by atoms with Crippen molar-refractivity contribution in [2.45, 2.75) is 20.5 Å². The van der Waals surface area contributed by atoms with E-state index in [9.17, 15) is 18.8 Å². The van der Waals surface area contributed by atoms with Gasteiger partial charge in [0.05, 0.1) is 14.6 Å². The van der Waals surface area contributed by atoms with Crippen molar-refractivity contribution in [3.63, 3.8) is 0 Å². The van der Waals surface area contributed by atoms with E-state index in [1.54, 1.807) is 36.4 Å². The zero-order chi connectivity index (χ0) is 25.3. The van der Waals surface area contributed by atoms with Crippen LogP contribution in [0.25, 0.3) is 6.08 Å². The third-order valence-electron chi connectivity index (χ3n) is 5.19. The molecule has 3 aromatic rings. The maximum atomic E-state index is 13.2. The van der Waals surface area contributed by atoms with E-state index < -0.39 is 17.8 Å². The van der Waals surface area contributed by atoms with Crippen LogP contribution in [0.15, 0.2) is 69.1 Å². The van der Waals surface area contributed by atoms with Crippen molar-refractivity contribution in [2.24, 2.45) is 0 Å². The van der Waals surface area contributed by atoms with Gasteiger partial charge in [-0.2, -0.15) is 0 Å². The van der Waals surface area contributed by atoms with Crippen LogP contribution in [0.1, 0.15) is 22.3 Å². The number of carbonyl (C=O) groups excluding carboxylic acids is 3. The summed E-state index contributed by atoms with van der Waals surface area (Å²) in [6, 6.07) is 13.9. The van der Waals surface area contributed by atoms with Gasteiger partial charge in [0.2, 0.25) is 0 Å². The number of rotatable bonds is 5. The highest BCUT2D eigenvalue weighted by Gasteiger charge is 2.37. The van der Waals surface area contributed by atoms with Crippen LogP contribution < -0.4 is 15.0 Å². The maximum Gasteiger partial charge on any atom is 0.335 e. The summed E-state index contributed by atoms with van der Waals surface area (Å²) in [6.07, 6.45) is 1.42. The van der Waals surface area contributed by atoms with Crippen molar-refractivity contribution in [3.05, 3.63) is 97.2 Å². The van der Waals surface area contributed by atoms with E-state index in [-0.39, 0.29) is 18.0 Å². The number of halogens is 3. The topological polar surface area (TPSA) is 75.7 Å². The van der Waals surface area contributed by atoms with E-state index in [4.69, 9.17) is 4.74 Å². The molecule has 4 rings (SSSR count). The minimum atomic E-state index is -0.797. The molecule has 0 unspecified atom stereocenters. The number of imide groups is 2. The first-order valence-corrected chi connectivity index (χ1v) is 12.1. The number of nitrogens with zero attached hydrogens (tertiary/aromatic N) is 1. The van der Waals surface area contributed by atoms with Gasteiger partial charge in [-0.3, -0.25) is 14.9 Å². The number of barbiturate groups is 1. The first-order valence-electron chi connectivity index (χ1n) is 10.5. The molecule has 1 N–H and O–H groups in total. The van der Waals surface area contributed by atoms with E-state index >= 15 is 0 Å². The quantitative estimate of drug-likeness (QED) is 0.279. The number of urea groups is 1. The van der Waals surface area contributed by atoms with Gasteiger partial charge < -0.3 is 4.74 Å². The van der Waals surface area contributed by atoms with Crippen molar-refractivity contribution < 1.29 is 23.5 Å². The predicted octanol–water partition coefficient (Wildman–Crippen LogP) is 6.21. The van der Waals surface area contributed by atoms with Crippen molar-refractivity contribution in [2.75, 3.05) is 4.90 Å². The number of amides is 4. The van der Waals surface area contributed by atoms with Crippen LogP contribution in [0.3, 0.4) is 0 Å². The van der Waals surface area contributed by atoms with Crippen LogP contribution in [0.4, 0.5) is 14.9 Å². The van der Waals surface area contributed by atoms with E-state index in [0.29, 0.717) is 25.9 Å². The highest BCUT2D eigenvalue weighted by Crippen LogP contribution is 2.36. The normalized spacial score (nSPS) is 14.9. The molecule has 1 fully saturated rings. The highest BCUT2D eigenvalue weighted by atomic mass is 79.9. The molecule has 0 radical (unpaired) electrons. The molecule has 0 spiro atoms. The molecule has 0 atom stereocenters. The van der Waals surface area contributed by atoms with E-state index in [1.807, 2.05) is 19.9 Å². The molecule has 1 aliphatic heterocycles. The van der Waals surface area contributed by atoms with E-state index in [1.165, 1.54) is 18.2 Å². The Kier molecular flexibility index (Phi) is 7.18. The van der Waals surface area contributed by atoms with Crippen LogP contribution in [-0.2, 0) is 16.2 Å². The molecule has 9 heteroatoms. The number of benzene rings is 3. The Bertz CT molecular complexity index is 1340. The Morgan fingerprint density at radius 2 is 1.54 bits per heavy atom. The summed E-state index contributed by atoms with van der Waals surface area (Å²) in [7, 11) is 0. The number of anilines is 1. The summed E-state index contributed by atoms with van der Waals surface area (Å²) in [5.41, 5.74) is 3.29. The summed E-state index contributed by atoms with van der Waals surface area (Å²) in [5.74, 6) is -1.31. The smallest absolute Gasteiger partial charge is 0.335 e. The molecule has 1 heterocycles. The largest absolute Gasteiger partial charge is 0.487 e. The lowest BCUT2D eigenvalue weighted by Crippen LogP contribution is -2.54. The molecule has 6 nitrogen and oxygen atoms in total. The molecule has 0 bridgehead atoms. The molecule has 4 amide bonds. The minimum absolute atomic E-state index is 0.178. The maximum absolute atomic E-state index is 13.2. The molecule has 0 saturated carbocycles. The number of carbonyl (C=O) groups is 3. The molecule has 178 valence electrons. The molecule has 1 saturated heterocycles. The first kappa shape index (κ1) is 24.8. The highest BCUT2D eigenvalue weighted by molar-refractivity contribution is 9.11. The Morgan fingerprint density at radius 3 is 2.14 bits per heavy atom. The minimum Gasteiger partial charge on any atom is -0.487 e. The molecule has 1 aliphatic rings. The van der Waals surface area contributed by atoms with Gasteiger partial charge in [0.25, 0.3) is 11.8 Å². The van der Waals surface area contributed by atoms with Gasteiger partial charge in [-0.05, 0) is 110 Å². The lowest BCUT2D eigenvalue weighted by molar-refractivity contribution is -0.122. The summed E-state index contributed by atoms with van der Waals surface area (Å²) < 4.78 is 20.1. The fraction of sp³-hybridized carbons (Fsp3) is 0.115. The zero-order valence-electron chi connectivity index (χ0n) is 18.7. The predicted molar refractivity (Wildman–Crippen MR) is 137 cm³/mol. The fourth-order valence-corrected chi connectivity index (χ4v) is 5.13. The number of hydrogen-bond acceptors (Lipinski definition) is 4. The molecular formula is C26H19Br2FN2O4. The summed E-state index contributed by atoms with van der Waals surface area (Å²) in [4.78, 5) is 39.2. The average molecular weight is 602 g/mol. The van der Waals surface area contributed by atoms with Crippen LogP contribution >= 0.6 is 31.9 Å². The van der Waals surface area contributed by atoms with Crippen molar-refractivity contribution in [1.29, 1.82) is 0 Å². The first-order chi connectivity index (χ1) is 16.6. The zero-order valence-corrected chi connectivity index (χ0v) is 21.9. The van der Waals surface area contributed by atoms with Gasteiger partial charge in [-0.15, -0.1) is 0 Å². The molecule has 0 aliphatic carbocycles. The number of aryl methyl sites for hydroxylation is 2. The summed E-state index contributed by atoms with van der Waals surface area (Å²) in [5, 5.41) is 2.23. The second kappa shape index (κ2) is 10.1. The van der Waals surface area contributed by atoms with Gasteiger partial charge in [0.1, 0.15) is 23.7 Å². The van der Waals surface area contributed by atoms with Crippen molar-refractivity contribution in [1.82, 2.24) is 5.32 Å². The van der Waals surface area contributed by atoms with Crippen molar-refractivity contribution in [3.8, 4) is 5.75 Å². The van der Waals surface area contributed by atoms with E-state index in [0.717, 1.165) is 21.6 Å². The van der Waals surface area contributed by atoms with E-state index in [2.05, 4.69) is 37.2 Å². The second-order valence-corrected chi connectivity index (χ2v) is 9.74. The second-order valence-electron chi connectivity index (χ2n) is 8.03. The number of ether oxygens (including phenoxy) is 1. The molecule has 35 heavy (non-hydrogen) atoms. The average Bonchev–Trinajstić information content (AvgIpc) is 2.76. The molecular weight excluding hydrogens is 583 g/mol. The summed E-state index contributed by atoms with van der Waals surface area (Å²) >= 11 is 6.92. The lowest BCUT2D eigenvalue weighted by Gasteiger charge is -2.27. The Morgan fingerprint density at radius 1 is 0.943 bits per heavy atom. The third kappa shape index (κ3) is 5.52. The van der Waals surface area contributed by atoms with Gasteiger partial charge >= 0.3 is 6.03 Å². The van der Waals surface area contributed by atoms with Gasteiger partial charge in [0, 0.05) is 0 Å². The summed E-state index contributed by atoms with van der Waals surface area (Å²) in [6.45, 7) is 3.94. The number of nitrogens with one attached hydrogen (secondary N) is 1. The number of hydrogen-bond donors (Lipinski definition) is 1. The molecule has 3 aromatic carbocycles. The Labute approximate surface area is 218 Å². The third-order valence-corrected chi connectivity index (χ3v) is 6.37. The van der Waals surface area contributed by atoms with Crippen molar-refractivity contribution >= 4 is 61.5 Å². The van der Waals surface area contributed by atoms with Crippen LogP contribution in [0.2, 0.25) is 0 Å². The Balaban J connectivity index is 1.62. The SMILES string of the molecule is Cc1cc(C)cc(N2C(=O)NC(=O)/C(=C\c3cc(Br)c(OCc4ccc(F)cc4)c(Br)c3)C2=O)c1. The van der Waals surface area contributed by atoms with Gasteiger partial charge in [-0.1, -0.05) is 18.2 Å². The monoisotopic (exact) mass is 600 g/mol. The van der Waals surface area contributed by atoms with Gasteiger partial charge in [-0.25, -0.2) is 14.1 Å². The Hall–Kier alpha value is -3.30. The van der Waals surface area contributed by atoms with Crippen LogP contribution in [-0.4, -0.2) is 17.8 Å². The standard InChI is InChI=1S/C26H19Br2FN2O4/c1-14-7-15(2)9-19(8-14)31-25(33)20(24(32)30-26(31)34)10-17-11-21(27)23(22(28)12-17)35-13-16-3-5-18(29)6-4-16/h3-12H,13H2,1-2H3,(H,30,32,34)/b20-10+. The lowest BCUT2D eigenvalue weighted by atomic mass is 10.1. The van der Waals surface area contributed by atoms with Crippen LogP contribution in [0.5, 0.6) is 5.75 Å². The fourth-order valence-electron chi connectivity index (χ4n) is 3.68. The molecule has 0 aromatic heterocycles.